The Labute approximate surface area is 97.1 Å². The molecule has 2 fully saturated rings. The van der Waals surface area contributed by atoms with E-state index in [1.165, 1.54) is 0 Å². The molecule has 0 atom stereocenters. The monoisotopic (exact) mass is 197 g/mol. The van der Waals surface area contributed by atoms with Crippen LogP contribution in [0.5, 0.6) is 0 Å². The van der Waals surface area contributed by atoms with Gasteiger partial charge in [-0.25, -0.2) is 0 Å². The van der Waals surface area contributed by atoms with Crippen molar-refractivity contribution in [2.75, 3.05) is 0 Å². The number of hydrogen-bond acceptors (Lipinski definition) is 7. The van der Waals surface area contributed by atoms with Crippen molar-refractivity contribution in [3.05, 3.63) is 0 Å². The van der Waals surface area contributed by atoms with Crippen LogP contribution in [0.25, 0.3) is 0 Å². The molecule has 0 amide bonds. The van der Waals surface area contributed by atoms with E-state index in [1.54, 1.807) is 0 Å². The van der Waals surface area contributed by atoms with Gasteiger partial charge in [-0.3, -0.25) is 0 Å². The van der Waals surface area contributed by atoms with E-state index in [9.17, 15) is 10.0 Å². The molecule has 13 heteroatoms. The van der Waals surface area contributed by atoms with Gasteiger partial charge in [-0.05, 0) is 0 Å². The molecule has 0 aliphatic carbocycles. The Balaban J connectivity index is 0.000000720. The van der Waals surface area contributed by atoms with Crippen molar-refractivity contribution in [3.63, 3.8) is 0 Å². The summed E-state index contributed by atoms with van der Waals surface area (Å²) in [7, 11) is -6.00. The average molecular weight is 196 g/mol. The van der Waals surface area contributed by atoms with Crippen molar-refractivity contribution in [1.82, 2.24) is 0 Å². The number of fused-ring (bicyclic) bond motifs is 2. The van der Waals surface area contributed by atoms with E-state index in [4.69, 9.17) is 0 Å². The Morgan fingerprint density at radius 3 is 1.31 bits per heavy atom. The second-order valence-electron chi connectivity index (χ2n) is 1.84. The van der Waals surface area contributed by atoms with E-state index in [-0.39, 0.29) is 35.0 Å². The molecule has 0 unspecified atom stereocenters. The van der Waals surface area contributed by atoms with E-state index >= 15 is 0 Å². The fourth-order valence-electron chi connectivity index (χ4n) is 0.710. The minimum atomic E-state index is -1.73. The van der Waals surface area contributed by atoms with Gasteiger partial charge in [0.15, 0.2) is 0 Å². The van der Waals surface area contributed by atoms with Crippen LogP contribution >= 0.6 is 0 Å². The Hall–Kier alpha value is 0.940. The normalized spacial score (nSPS) is 20.8. The van der Waals surface area contributed by atoms with Crippen LogP contribution in [0.1, 0.15) is 0 Å². The van der Waals surface area contributed by atoms with Crippen LogP contribution in [-0.2, 0) is 22.9 Å². The van der Waals surface area contributed by atoms with Crippen LogP contribution in [0.15, 0.2) is 0 Å². The first-order chi connectivity index (χ1) is 5.24. The first-order valence-corrected chi connectivity index (χ1v) is 2.83. The standard InChI is InChI=1S/B4O7.Na.H2O/c5-1-7-3-9-2(6)10-4(8-1)11-3;;/h;;1H2/q-2;+1;. The minimum Gasteiger partial charge on any atom is -0.833 e. The zero-order chi connectivity index (χ0) is 7.84. The van der Waals surface area contributed by atoms with Crippen molar-refractivity contribution in [2.45, 2.75) is 0 Å². The third-order valence-corrected chi connectivity index (χ3v) is 1.11. The van der Waals surface area contributed by atoms with Crippen LogP contribution in [0.2, 0.25) is 0 Å². The zero-order valence-corrected chi connectivity index (χ0v) is 8.67. The van der Waals surface area contributed by atoms with Gasteiger partial charge in [-0.2, -0.15) is 0 Å². The first kappa shape index (κ1) is 13.9. The first-order valence-electron chi connectivity index (χ1n) is 2.83. The van der Waals surface area contributed by atoms with Crippen molar-refractivity contribution in [3.8, 4) is 0 Å². The fraction of sp³-hybridized carbons (Fsp3) is 0. The van der Waals surface area contributed by atoms with Crippen molar-refractivity contribution < 1.29 is 67.9 Å². The predicted octanol–water partition coefficient (Wildman–Crippen LogP) is -8.06. The molecule has 0 spiro atoms. The van der Waals surface area contributed by atoms with Crippen LogP contribution in [-0.4, -0.2) is 34.8 Å². The summed E-state index contributed by atoms with van der Waals surface area (Å²) in [5, 5.41) is 21.0. The molecule has 2 bridgehead atoms. The van der Waals surface area contributed by atoms with Crippen molar-refractivity contribution in [1.29, 1.82) is 0 Å². The van der Waals surface area contributed by atoms with E-state index < -0.39 is 29.3 Å². The maximum atomic E-state index is 10.5. The van der Waals surface area contributed by atoms with Gasteiger partial charge in [-0.1, -0.05) is 0 Å². The SMILES string of the molecule is O.[Na+].[O-]B1OB2OB([O-])OB(O1)O2. The van der Waals surface area contributed by atoms with Gasteiger partial charge >= 0.3 is 58.8 Å². The zero-order valence-electron chi connectivity index (χ0n) is 6.67. The smallest absolute Gasteiger partial charge is 0.833 e. The van der Waals surface area contributed by atoms with Gasteiger partial charge in [0, 0.05) is 0 Å². The Bertz CT molecular complexity index is 122. The summed E-state index contributed by atoms with van der Waals surface area (Å²) in [5.41, 5.74) is 0. The molecule has 2 rings (SSSR count). The second kappa shape index (κ2) is 5.73. The quantitative estimate of drug-likeness (QED) is 0.352. The molecule has 0 radical (unpaired) electrons. The third-order valence-electron chi connectivity index (χ3n) is 1.11. The maximum absolute atomic E-state index is 10.5. The fourth-order valence-corrected chi connectivity index (χ4v) is 0.710. The third kappa shape index (κ3) is 3.53. The summed E-state index contributed by atoms with van der Waals surface area (Å²) in [6, 6.07) is 0. The summed E-state index contributed by atoms with van der Waals surface area (Å²) >= 11 is 0. The molecule has 2 saturated heterocycles. The van der Waals surface area contributed by atoms with Crippen LogP contribution < -0.4 is 39.6 Å². The van der Waals surface area contributed by atoms with Gasteiger partial charge in [0.2, 0.25) is 0 Å². The van der Waals surface area contributed by atoms with Crippen molar-refractivity contribution in [2.24, 2.45) is 0 Å². The molecule has 0 saturated carbocycles. The molecule has 0 aromatic carbocycles. The molecule has 0 aromatic rings. The van der Waals surface area contributed by atoms with E-state index in [2.05, 4.69) is 22.9 Å². The Morgan fingerprint density at radius 1 is 0.692 bits per heavy atom. The summed E-state index contributed by atoms with van der Waals surface area (Å²) < 4.78 is 21.9. The maximum Gasteiger partial charge on any atom is 1.00 e. The second-order valence-corrected chi connectivity index (χ2v) is 1.84. The molecular weight excluding hydrogens is 194 g/mol. The van der Waals surface area contributed by atoms with Gasteiger partial charge in [-0.15, -0.1) is 0 Å². The molecule has 8 nitrogen and oxygen atoms in total. The Morgan fingerprint density at radius 2 is 1.00 bits per heavy atom. The molecule has 0 aromatic heterocycles. The van der Waals surface area contributed by atoms with E-state index in [0.717, 1.165) is 0 Å². The van der Waals surface area contributed by atoms with Crippen LogP contribution in [0.3, 0.4) is 0 Å². The van der Waals surface area contributed by atoms with Crippen molar-refractivity contribution >= 4 is 29.3 Å². The van der Waals surface area contributed by atoms with E-state index in [1.807, 2.05) is 0 Å². The minimum absolute atomic E-state index is 0. The van der Waals surface area contributed by atoms with E-state index in [0.29, 0.717) is 0 Å². The number of hydrogen-bond donors (Lipinski definition) is 0. The summed E-state index contributed by atoms with van der Waals surface area (Å²) in [4.78, 5) is 0. The average Bonchev–Trinajstić information content (AvgIpc) is 1.82. The molecule has 2 N–H and O–H groups in total. The van der Waals surface area contributed by atoms with Crippen LogP contribution in [0, 0.1) is 0 Å². The molecular formula is H2B4NaO8-. The van der Waals surface area contributed by atoms with Gasteiger partial charge in [0.05, 0.1) is 0 Å². The molecule has 13 heavy (non-hydrogen) atoms. The number of rotatable bonds is 0. The van der Waals surface area contributed by atoms with Gasteiger partial charge in [0.25, 0.3) is 0 Å². The van der Waals surface area contributed by atoms with Crippen LogP contribution in [0.4, 0.5) is 0 Å². The summed E-state index contributed by atoms with van der Waals surface area (Å²) in [6.45, 7) is 0. The van der Waals surface area contributed by atoms with Gasteiger partial charge in [0.1, 0.15) is 0 Å². The Kier molecular flexibility index (Phi) is 6.15. The largest absolute Gasteiger partial charge is 1.00 e. The summed E-state index contributed by atoms with van der Waals surface area (Å²) in [5.74, 6) is 0. The molecule has 2 aliphatic heterocycles. The van der Waals surface area contributed by atoms with Gasteiger partial charge < -0.3 is 38.4 Å². The molecule has 2 heterocycles. The predicted molar refractivity (Wildman–Crippen MR) is 32.1 cm³/mol. The molecule has 2 aliphatic rings. The summed E-state index contributed by atoms with van der Waals surface area (Å²) in [6.07, 6.45) is 0. The molecule has 64 valence electrons. The topological polar surface area (TPSA) is 124 Å².